The van der Waals surface area contributed by atoms with E-state index in [2.05, 4.69) is 46.1 Å². The number of likely N-dealkylation sites (N-methyl/N-ethyl adjacent to an activating group) is 1. The third-order valence-corrected chi connectivity index (χ3v) is 3.96. The Morgan fingerprint density at radius 2 is 1.54 bits per heavy atom. The number of imide groups is 1. The van der Waals surface area contributed by atoms with Crippen molar-refractivity contribution in [3.8, 4) is 0 Å². The van der Waals surface area contributed by atoms with E-state index in [1.165, 1.54) is 16.5 Å². The van der Waals surface area contributed by atoms with Gasteiger partial charge in [0.25, 0.3) is 11.8 Å². The van der Waals surface area contributed by atoms with Gasteiger partial charge in [-0.2, -0.15) is 0 Å². The minimum absolute atomic E-state index is 0.300. The molecule has 0 saturated heterocycles. The Balaban J connectivity index is 0.000000143. The van der Waals surface area contributed by atoms with Crippen LogP contribution in [0.15, 0.2) is 54.7 Å². The van der Waals surface area contributed by atoms with Crippen LogP contribution in [0, 0.1) is 0 Å². The van der Waals surface area contributed by atoms with Crippen LogP contribution in [0.3, 0.4) is 0 Å². The number of para-hydroxylation sites is 1. The van der Waals surface area contributed by atoms with Gasteiger partial charge in [-0.25, -0.2) is 0 Å². The molecule has 5 nitrogen and oxygen atoms in total. The van der Waals surface area contributed by atoms with Crippen LogP contribution in [-0.2, 0) is 6.42 Å². The quantitative estimate of drug-likeness (QED) is 0.649. The fourth-order valence-electron chi connectivity index (χ4n) is 2.72. The van der Waals surface area contributed by atoms with E-state index in [-0.39, 0.29) is 11.8 Å². The van der Waals surface area contributed by atoms with E-state index in [0.29, 0.717) is 11.1 Å². The molecule has 2 heterocycles. The lowest BCUT2D eigenvalue weighted by Gasteiger charge is -1.97. The Hall–Kier alpha value is -2.92. The molecule has 0 atom stereocenters. The molecule has 1 aliphatic rings. The average Bonchev–Trinajstić information content (AvgIpc) is 3.15. The van der Waals surface area contributed by atoms with Gasteiger partial charge in [0, 0.05) is 17.1 Å². The zero-order valence-electron chi connectivity index (χ0n) is 13.4. The second kappa shape index (κ2) is 7.10. The second-order valence-corrected chi connectivity index (χ2v) is 5.54. The molecule has 4 rings (SSSR count). The van der Waals surface area contributed by atoms with Crippen molar-refractivity contribution < 1.29 is 9.59 Å². The van der Waals surface area contributed by atoms with Crippen molar-refractivity contribution in [1.29, 1.82) is 0 Å². The number of nitrogens with one attached hydrogen (secondary N) is 3. The van der Waals surface area contributed by atoms with Gasteiger partial charge in [0.05, 0.1) is 11.1 Å². The summed E-state index contributed by atoms with van der Waals surface area (Å²) in [4.78, 5) is 25.2. The third kappa shape index (κ3) is 3.21. The highest BCUT2D eigenvalue weighted by molar-refractivity contribution is 6.21. The maximum absolute atomic E-state index is 10.9. The lowest BCUT2D eigenvalue weighted by atomic mass is 10.1. The topological polar surface area (TPSA) is 74.0 Å². The Kier molecular flexibility index (Phi) is 4.72. The second-order valence-electron chi connectivity index (χ2n) is 5.54. The molecule has 24 heavy (non-hydrogen) atoms. The molecule has 3 N–H and O–H groups in total. The summed E-state index contributed by atoms with van der Waals surface area (Å²) in [6.45, 7) is 1.03. The predicted octanol–water partition coefficient (Wildman–Crippen LogP) is 2.50. The maximum Gasteiger partial charge on any atom is 0.258 e. The minimum Gasteiger partial charge on any atom is -0.361 e. The van der Waals surface area contributed by atoms with Gasteiger partial charge in [0.1, 0.15) is 0 Å². The number of hydrogen-bond donors (Lipinski definition) is 3. The third-order valence-electron chi connectivity index (χ3n) is 3.96. The van der Waals surface area contributed by atoms with Gasteiger partial charge in [-0.05, 0) is 43.8 Å². The molecule has 0 spiro atoms. The standard InChI is InChI=1S/C11H14N2.C8H5NO2/c1-12-7-6-9-8-13-11-5-3-2-4-10(9)11;10-7-5-3-1-2-4-6(5)8(11)9-7/h2-5,8,12-13H,6-7H2,1H3;1-4H,(H,9,10,11). The Morgan fingerprint density at radius 1 is 0.917 bits per heavy atom. The predicted molar refractivity (Wildman–Crippen MR) is 94.2 cm³/mol. The van der Waals surface area contributed by atoms with E-state index in [1.54, 1.807) is 24.3 Å². The minimum atomic E-state index is -0.300. The smallest absolute Gasteiger partial charge is 0.258 e. The molecule has 5 heteroatoms. The first-order valence-electron chi connectivity index (χ1n) is 7.85. The molecule has 122 valence electrons. The SMILES string of the molecule is CNCCc1c[nH]c2ccccc12.O=C1NC(=O)c2ccccc21. The van der Waals surface area contributed by atoms with E-state index >= 15 is 0 Å². The molecule has 2 aromatic carbocycles. The van der Waals surface area contributed by atoms with Crippen molar-refractivity contribution in [2.75, 3.05) is 13.6 Å². The van der Waals surface area contributed by atoms with Crippen LogP contribution in [0.1, 0.15) is 26.3 Å². The van der Waals surface area contributed by atoms with E-state index in [0.717, 1.165) is 13.0 Å². The highest BCUT2D eigenvalue weighted by Gasteiger charge is 2.25. The summed E-state index contributed by atoms with van der Waals surface area (Å²) < 4.78 is 0. The Morgan fingerprint density at radius 3 is 2.21 bits per heavy atom. The van der Waals surface area contributed by atoms with E-state index < -0.39 is 0 Å². The number of benzene rings is 2. The molecule has 2 amide bonds. The number of aromatic nitrogens is 1. The zero-order chi connectivity index (χ0) is 16.9. The molecular weight excluding hydrogens is 302 g/mol. The lowest BCUT2D eigenvalue weighted by molar-refractivity contribution is 0.0879. The van der Waals surface area contributed by atoms with E-state index in [9.17, 15) is 9.59 Å². The van der Waals surface area contributed by atoms with Gasteiger partial charge in [-0.3, -0.25) is 14.9 Å². The number of carbonyl (C=O) groups excluding carboxylic acids is 2. The molecule has 0 aliphatic carbocycles. The number of hydrogen-bond acceptors (Lipinski definition) is 3. The molecule has 0 fully saturated rings. The fraction of sp³-hybridized carbons (Fsp3) is 0.158. The highest BCUT2D eigenvalue weighted by Crippen LogP contribution is 2.17. The lowest BCUT2D eigenvalue weighted by Crippen LogP contribution is -2.19. The van der Waals surface area contributed by atoms with Crippen molar-refractivity contribution in [2.24, 2.45) is 0 Å². The van der Waals surface area contributed by atoms with Crippen LogP contribution in [0.4, 0.5) is 0 Å². The summed E-state index contributed by atoms with van der Waals surface area (Å²) >= 11 is 0. The largest absolute Gasteiger partial charge is 0.361 e. The van der Waals surface area contributed by atoms with Crippen LogP contribution in [-0.4, -0.2) is 30.4 Å². The van der Waals surface area contributed by atoms with Gasteiger partial charge >= 0.3 is 0 Å². The maximum atomic E-state index is 10.9. The Labute approximate surface area is 140 Å². The van der Waals surface area contributed by atoms with Crippen LogP contribution in [0.25, 0.3) is 10.9 Å². The first-order chi connectivity index (χ1) is 11.7. The molecule has 1 aromatic heterocycles. The summed E-state index contributed by atoms with van der Waals surface area (Å²) in [6, 6.07) is 15.1. The van der Waals surface area contributed by atoms with Crippen LogP contribution >= 0.6 is 0 Å². The number of aromatic amines is 1. The monoisotopic (exact) mass is 321 g/mol. The van der Waals surface area contributed by atoms with Crippen molar-refractivity contribution >= 4 is 22.7 Å². The van der Waals surface area contributed by atoms with E-state index in [1.807, 2.05) is 7.05 Å². The number of rotatable bonds is 3. The van der Waals surface area contributed by atoms with Gasteiger partial charge in [-0.1, -0.05) is 30.3 Å². The summed E-state index contributed by atoms with van der Waals surface area (Å²) in [5.41, 5.74) is 3.56. The van der Waals surface area contributed by atoms with Crippen molar-refractivity contribution in [1.82, 2.24) is 15.6 Å². The first kappa shape index (κ1) is 16.0. The van der Waals surface area contributed by atoms with Crippen molar-refractivity contribution in [3.05, 3.63) is 71.4 Å². The van der Waals surface area contributed by atoms with Gasteiger partial charge in [0.15, 0.2) is 0 Å². The van der Waals surface area contributed by atoms with Gasteiger partial charge in [0.2, 0.25) is 0 Å². The number of carbonyl (C=O) groups is 2. The number of fused-ring (bicyclic) bond motifs is 2. The fourth-order valence-corrected chi connectivity index (χ4v) is 2.72. The molecule has 0 radical (unpaired) electrons. The summed E-state index contributed by atoms with van der Waals surface area (Å²) in [5, 5.41) is 6.71. The van der Waals surface area contributed by atoms with Crippen LogP contribution in [0.2, 0.25) is 0 Å². The zero-order valence-corrected chi connectivity index (χ0v) is 13.4. The molecule has 1 aliphatic heterocycles. The average molecular weight is 321 g/mol. The van der Waals surface area contributed by atoms with Crippen molar-refractivity contribution in [2.45, 2.75) is 6.42 Å². The van der Waals surface area contributed by atoms with Crippen LogP contribution in [0.5, 0.6) is 0 Å². The van der Waals surface area contributed by atoms with Gasteiger partial charge in [-0.15, -0.1) is 0 Å². The highest BCUT2D eigenvalue weighted by atomic mass is 16.2. The number of amides is 2. The molecule has 0 saturated carbocycles. The molecular formula is C19H19N3O2. The van der Waals surface area contributed by atoms with Crippen LogP contribution < -0.4 is 10.6 Å². The van der Waals surface area contributed by atoms with E-state index in [4.69, 9.17) is 0 Å². The Bertz CT molecular complexity index is 850. The van der Waals surface area contributed by atoms with Crippen molar-refractivity contribution in [3.63, 3.8) is 0 Å². The normalized spacial score (nSPS) is 12.5. The molecule has 3 aromatic rings. The first-order valence-corrected chi connectivity index (χ1v) is 7.85. The molecule has 0 unspecified atom stereocenters. The summed E-state index contributed by atoms with van der Waals surface area (Å²) in [6.07, 6.45) is 3.18. The number of H-pyrrole nitrogens is 1. The summed E-state index contributed by atoms with van der Waals surface area (Å²) in [7, 11) is 1.98. The molecule has 0 bridgehead atoms. The van der Waals surface area contributed by atoms with Gasteiger partial charge < -0.3 is 10.3 Å². The summed E-state index contributed by atoms with van der Waals surface area (Å²) in [5.74, 6) is -0.601.